The third kappa shape index (κ3) is 4.02. The number of sulfonamides is 1. The predicted molar refractivity (Wildman–Crippen MR) is 91.9 cm³/mol. The van der Waals surface area contributed by atoms with Gasteiger partial charge in [0.2, 0.25) is 5.91 Å². The number of rotatable bonds is 5. The van der Waals surface area contributed by atoms with Crippen LogP contribution in [-0.2, 0) is 14.8 Å². The van der Waals surface area contributed by atoms with E-state index >= 15 is 0 Å². The molecule has 6 nitrogen and oxygen atoms in total. The lowest BCUT2D eigenvalue weighted by Gasteiger charge is -2.14. The van der Waals surface area contributed by atoms with Crippen molar-refractivity contribution in [2.24, 2.45) is 0 Å². The average Bonchev–Trinajstić information content (AvgIpc) is 2.79. The van der Waals surface area contributed by atoms with Gasteiger partial charge in [0, 0.05) is 22.7 Å². The summed E-state index contributed by atoms with van der Waals surface area (Å²) in [6.07, 6.45) is 0. The van der Waals surface area contributed by atoms with Gasteiger partial charge in [0.25, 0.3) is 10.0 Å². The molecule has 0 spiro atoms. The number of benzene rings is 1. The number of hydrogen-bond acceptors (Lipinski definition) is 5. The van der Waals surface area contributed by atoms with Crippen molar-refractivity contribution in [3.05, 3.63) is 34.0 Å². The molecular weight excluding hydrogens is 336 g/mol. The maximum Gasteiger partial charge on any atom is 0.263 e. The van der Waals surface area contributed by atoms with E-state index in [0.29, 0.717) is 16.3 Å². The molecule has 8 heteroatoms. The lowest BCUT2D eigenvalue weighted by molar-refractivity contribution is -0.114. The summed E-state index contributed by atoms with van der Waals surface area (Å²) in [5.74, 6) is 0.188. The van der Waals surface area contributed by atoms with E-state index in [4.69, 9.17) is 4.74 Å². The van der Waals surface area contributed by atoms with Crippen LogP contribution in [0.5, 0.6) is 5.75 Å². The molecule has 2 aromatic rings. The van der Waals surface area contributed by atoms with Crippen LogP contribution >= 0.6 is 11.3 Å². The zero-order valence-corrected chi connectivity index (χ0v) is 14.9. The van der Waals surface area contributed by atoms with E-state index in [1.165, 1.54) is 31.4 Å². The lowest BCUT2D eigenvalue weighted by Crippen LogP contribution is -2.16. The summed E-state index contributed by atoms with van der Waals surface area (Å²) in [6.45, 7) is 4.96. The largest absolute Gasteiger partial charge is 0.497 e. The molecule has 1 aromatic carbocycles. The predicted octanol–water partition coefficient (Wildman–Crippen LogP) is 3.13. The molecule has 1 heterocycles. The monoisotopic (exact) mass is 354 g/mol. The zero-order chi connectivity index (χ0) is 17.2. The van der Waals surface area contributed by atoms with Gasteiger partial charge >= 0.3 is 0 Å². The number of hydrogen-bond donors (Lipinski definition) is 2. The summed E-state index contributed by atoms with van der Waals surface area (Å²) in [7, 11) is -2.27. The van der Waals surface area contributed by atoms with Gasteiger partial charge in [-0.3, -0.25) is 9.52 Å². The van der Waals surface area contributed by atoms with Gasteiger partial charge < -0.3 is 10.1 Å². The van der Waals surface area contributed by atoms with Crippen molar-refractivity contribution in [3.8, 4) is 5.75 Å². The fourth-order valence-corrected chi connectivity index (χ4v) is 4.73. The molecule has 0 bridgehead atoms. The first-order valence-electron chi connectivity index (χ1n) is 6.78. The third-order valence-electron chi connectivity index (χ3n) is 3.07. The second-order valence-corrected chi connectivity index (χ2v) is 8.09. The topological polar surface area (TPSA) is 84.5 Å². The average molecular weight is 354 g/mol. The van der Waals surface area contributed by atoms with E-state index in [1.54, 1.807) is 25.1 Å². The molecule has 0 unspecified atom stereocenters. The van der Waals surface area contributed by atoms with Crippen LogP contribution in [0.4, 0.5) is 11.4 Å². The molecular formula is C15H18N2O4S2. The maximum atomic E-state index is 12.6. The van der Waals surface area contributed by atoms with Gasteiger partial charge in [-0.1, -0.05) is 0 Å². The lowest BCUT2D eigenvalue weighted by atomic mass is 10.2. The van der Waals surface area contributed by atoms with Crippen LogP contribution in [0, 0.1) is 13.8 Å². The zero-order valence-electron chi connectivity index (χ0n) is 13.3. The van der Waals surface area contributed by atoms with Crippen molar-refractivity contribution in [1.29, 1.82) is 0 Å². The van der Waals surface area contributed by atoms with Crippen molar-refractivity contribution in [2.45, 2.75) is 25.7 Å². The second-order valence-electron chi connectivity index (χ2n) is 4.98. The van der Waals surface area contributed by atoms with Crippen molar-refractivity contribution in [1.82, 2.24) is 0 Å². The molecule has 0 aliphatic heterocycles. The molecule has 0 fully saturated rings. The molecule has 2 rings (SSSR count). The molecule has 1 aromatic heterocycles. The fraction of sp³-hybridized carbons (Fsp3) is 0.267. The van der Waals surface area contributed by atoms with Crippen molar-refractivity contribution in [2.75, 3.05) is 17.1 Å². The molecule has 0 aliphatic rings. The summed E-state index contributed by atoms with van der Waals surface area (Å²) in [5, 5.41) is 2.60. The Balaban J connectivity index is 2.44. The molecule has 0 atom stereocenters. The highest BCUT2D eigenvalue weighted by atomic mass is 32.2. The molecule has 23 heavy (non-hydrogen) atoms. The molecule has 1 amide bonds. The number of ether oxygens (including phenoxy) is 1. The van der Waals surface area contributed by atoms with Crippen LogP contribution in [0.25, 0.3) is 0 Å². The molecule has 0 saturated heterocycles. The van der Waals surface area contributed by atoms with Gasteiger partial charge in [-0.05, 0) is 32.0 Å². The highest BCUT2D eigenvalue weighted by Gasteiger charge is 2.21. The first-order valence-corrected chi connectivity index (χ1v) is 9.08. The van der Waals surface area contributed by atoms with Gasteiger partial charge in [-0.15, -0.1) is 11.3 Å². The van der Waals surface area contributed by atoms with E-state index in [2.05, 4.69) is 10.0 Å². The van der Waals surface area contributed by atoms with E-state index in [-0.39, 0.29) is 16.5 Å². The molecule has 2 N–H and O–H groups in total. The van der Waals surface area contributed by atoms with Crippen molar-refractivity contribution < 1.29 is 17.9 Å². The number of aryl methyl sites for hydroxylation is 2. The minimum atomic E-state index is -3.75. The standard InChI is InChI=1S/C15H18N2O4S2/c1-9-7-15(10(2)22-9)23(19,20)17-14-8-12(21-4)5-6-13(14)16-11(3)18/h5-8,17H,1-4H3,(H,16,18). The van der Waals surface area contributed by atoms with E-state index in [9.17, 15) is 13.2 Å². The number of nitrogens with one attached hydrogen (secondary N) is 2. The van der Waals surface area contributed by atoms with E-state index in [0.717, 1.165) is 4.88 Å². The Morgan fingerprint density at radius 3 is 2.39 bits per heavy atom. The summed E-state index contributed by atoms with van der Waals surface area (Å²) in [6, 6.07) is 6.38. The Bertz CT molecular complexity index is 841. The second kappa shape index (κ2) is 6.59. The highest BCUT2D eigenvalue weighted by molar-refractivity contribution is 7.93. The quantitative estimate of drug-likeness (QED) is 0.864. The Hall–Kier alpha value is -2.06. The molecule has 0 radical (unpaired) electrons. The number of carbonyl (C=O) groups is 1. The van der Waals surface area contributed by atoms with Crippen molar-refractivity contribution >= 4 is 38.6 Å². The number of methoxy groups -OCH3 is 1. The van der Waals surface area contributed by atoms with E-state index in [1.807, 2.05) is 6.92 Å². The highest BCUT2D eigenvalue weighted by Crippen LogP contribution is 2.31. The smallest absolute Gasteiger partial charge is 0.263 e. The SMILES string of the molecule is COc1ccc(NC(C)=O)c(NS(=O)(=O)c2cc(C)sc2C)c1. The maximum absolute atomic E-state index is 12.6. The molecule has 0 saturated carbocycles. The summed E-state index contributed by atoms with van der Waals surface area (Å²) in [4.78, 5) is 13.1. The minimum Gasteiger partial charge on any atom is -0.497 e. The third-order valence-corrected chi connectivity index (χ3v) is 5.65. The Morgan fingerprint density at radius 1 is 1.17 bits per heavy atom. The van der Waals surface area contributed by atoms with Gasteiger partial charge in [-0.2, -0.15) is 0 Å². The van der Waals surface area contributed by atoms with Gasteiger partial charge in [-0.25, -0.2) is 8.42 Å². The number of carbonyl (C=O) groups excluding carboxylic acids is 1. The Morgan fingerprint density at radius 2 is 1.87 bits per heavy atom. The summed E-state index contributed by atoms with van der Waals surface area (Å²) < 4.78 is 32.9. The summed E-state index contributed by atoms with van der Waals surface area (Å²) in [5.41, 5.74) is 0.620. The Labute approximate surface area is 139 Å². The fourth-order valence-electron chi connectivity index (χ4n) is 2.11. The first kappa shape index (κ1) is 17.3. The van der Waals surface area contributed by atoms with Gasteiger partial charge in [0.1, 0.15) is 10.6 Å². The van der Waals surface area contributed by atoms with E-state index < -0.39 is 10.0 Å². The van der Waals surface area contributed by atoms with Crippen molar-refractivity contribution in [3.63, 3.8) is 0 Å². The van der Waals surface area contributed by atoms with Crippen LogP contribution in [0.3, 0.4) is 0 Å². The van der Waals surface area contributed by atoms with Crippen LogP contribution in [0.2, 0.25) is 0 Å². The van der Waals surface area contributed by atoms with Crippen LogP contribution in [0.1, 0.15) is 16.7 Å². The van der Waals surface area contributed by atoms with Crippen LogP contribution in [0.15, 0.2) is 29.2 Å². The summed E-state index contributed by atoms with van der Waals surface area (Å²) >= 11 is 1.42. The normalized spacial score (nSPS) is 11.1. The van der Waals surface area contributed by atoms with Gasteiger partial charge in [0.15, 0.2) is 0 Å². The molecule has 0 aliphatic carbocycles. The number of anilines is 2. The first-order chi connectivity index (χ1) is 10.7. The van der Waals surface area contributed by atoms with Crippen LogP contribution in [-0.4, -0.2) is 21.4 Å². The van der Waals surface area contributed by atoms with Crippen LogP contribution < -0.4 is 14.8 Å². The number of thiophene rings is 1. The van der Waals surface area contributed by atoms with Gasteiger partial charge in [0.05, 0.1) is 18.5 Å². The molecule has 124 valence electrons. The number of amides is 1. The Kier molecular flexibility index (Phi) is 4.96. The minimum absolute atomic E-state index is 0.233.